The van der Waals surface area contributed by atoms with Crippen LogP contribution >= 0.6 is 15.9 Å². The first kappa shape index (κ1) is 21.0. The number of rotatable bonds is 7. The number of hydrogen-bond donors (Lipinski definition) is 2. The van der Waals surface area contributed by atoms with Crippen molar-refractivity contribution >= 4 is 21.9 Å². The molecule has 1 aliphatic rings. The van der Waals surface area contributed by atoms with Crippen molar-refractivity contribution in [1.29, 1.82) is 0 Å². The van der Waals surface area contributed by atoms with E-state index >= 15 is 0 Å². The lowest BCUT2D eigenvalue weighted by Crippen LogP contribution is -2.52. The molecule has 0 amide bonds. The van der Waals surface area contributed by atoms with Gasteiger partial charge in [-0.1, -0.05) is 19.9 Å². The van der Waals surface area contributed by atoms with E-state index in [0.717, 1.165) is 54.6 Å². The normalized spacial score (nSPS) is 17.2. The molecule has 0 spiro atoms. The highest BCUT2D eigenvalue weighted by atomic mass is 79.9. The fourth-order valence-corrected chi connectivity index (χ4v) is 3.71. The number of benzene rings is 1. The Morgan fingerprint density at radius 2 is 2.04 bits per heavy atom. The topological polar surface area (TPSA) is 58.1 Å². The van der Waals surface area contributed by atoms with E-state index in [-0.39, 0.29) is 0 Å². The highest BCUT2D eigenvalue weighted by molar-refractivity contribution is 9.10. The Balaban J connectivity index is 1.87. The van der Waals surface area contributed by atoms with Crippen molar-refractivity contribution < 1.29 is 9.47 Å². The van der Waals surface area contributed by atoms with Crippen LogP contribution in [0.15, 0.2) is 27.7 Å². The smallest absolute Gasteiger partial charge is 0.191 e. The van der Waals surface area contributed by atoms with Crippen molar-refractivity contribution in [3.05, 3.63) is 28.2 Å². The van der Waals surface area contributed by atoms with Crippen molar-refractivity contribution in [2.45, 2.75) is 26.4 Å². The fraction of sp³-hybridized carbons (Fsp3) is 0.632. The summed E-state index contributed by atoms with van der Waals surface area (Å²) in [6, 6.07) is 6.54. The van der Waals surface area contributed by atoms with E-state index in [1.54, 1.807) is 14.2 Å². The summed E-state index contributed by atoms with van der Waals surface area (Å²) in [6.45, 7) is 9.74. The van der Waals surface area contributed by atoms with Gasteiger partial charge in [-0.25, -0.2) is 0 Å². The summed E-state index contributed by atoms with van der Waals surface area (Å²) in [7, 11) is 3.47. The van der Waals surface area contributed by atoms with Gasteiger partial charge in [-0.3, -0.25) is 9.89 Å². The Hall–Kier alpha value is -1.31. The Morgan fingerprint density at radius 3 is 2.62 bits per heavy atom. The number of halogens is 1. The molecule has 26 heavy (non-hydrogen) atoms. The number of hydrogen-bond acceptors (Lipinski definition) is 4. The van der Waals surface area contributed by atoms with Gasteiger partial charge in [0, 0.05) is 39.3 Å². The van der Waals surface area contributed by atoms with E-state index in [1.807, 2.05) is 6.07 Å². The second-order valence-electron chi connectivity index (χ2n) is 6.74. The third-order valence-electron chi connectivity index (χ3n) is 4.66. The van der Waals surface area contributed by atoms with Crippen LogP contribution < -0.4 is 15.4 Å². The first-order valence-electron chi connectivity index (χ1n) is 9.14. The highest BCUT2D eigenvalue weighted by Gasteiger charge is 2.23. The number of aliphatic imine (C=N–C) groups is 1. The van der Waals surface area contributed by atoms with E-state index in [4.69, 9.17) is 9.47 Å². The summed E-state index contributed by atoms with van der Waals surface area (Å²) in [5, 5.41) is 6.86. The van der Waals surface area contributed by atoms with Crippen LogP contribution in [0.4, 0.5) is 0 Å². The molecule has 146 valence electrons. The Bertz CT molecular complexity index is 589. The first-order valence-corrected chi connectivity index (χ1v) is 9.93. The number of nitrogens with one attached hydrogen (secondary N) is 2. The van der Waals surface area contributed by atoms with Crippen LogP contribution in [-0.2, 0) is 11.3 Å². The van der Waals surface area contributed by atoms with Gasteiger partial charge in [0.05, 0.1) is 24.8 Å². The third-order valence-corrected chi connectivity index (χ3v) is 5.28. The molecule has 2 N–H and O–H groups in total. The summed E-state index contributed by atoms with van der Waals surface area (Å²) in [6.07, 6.45) is 0. The van der Waals surface area contributed by atoms with Gasteiger partial charge in [-0.2, -0.15) is 0 Å². The summed E-state index contributed by atoms with van der Waals surface area (Å²) in [5.41, 5.74) is 1.16. The van der Waals surface area contributed by atoms with Crippen molar-refractivity contribution in [1.82, 2.24) is 15.5 Å². The molecule has 6 nitrogen and oxygen atoms in total. The van der Waals surface area contributed by atoms with Crippen molar-refractivity contribution in [3.63, 3.8) is 0 Å². The van der Waals surface area contributed by atoms with Gasteiger partial charge in [-0.15, -0.1) is 0 Å². The number of morpholine rings is 1. The van der Waals surface area contributed by atoms with Gasteiger partial charge < -0.3 is 20.1 Å². The van der Waals surface area contributed by atoms with E-state index in [9.17, 15) is 0 Å². The molecule has 0 saturated carbocycles. The molecule has 0 aromatic heterocycles. The Kier molecular flexibility index (Phi) is 8.68. The summed E-state index contributed by atoms with van der Waals surface area (Å²) in [5.74, 6) is 2.22. The average molecular weight is 427 g/mol. The maximum Gasteiger partial charge on any atom is 0.191 e. The zero-order chi connectivity index (χ0) is 18.9. The molecule has 0 bridgehead atoms. The van der Waals surface area contributed by atoms with Crippen LogP contribution in [-0.4, -0.2) is 63.9 Å². The van der Waals surface area contributed by atoms with Gasteiger partial charge in [0.25, 0.3) is 0 Å². The molecule has 1 atom stereocenters. The summed E-state index contributed by atoms with van der Waals surface area (Å²) < 4.78 is 11.7. The molecule has 0 radical (unpaired) electrons. The van der Waals surface area contributed by atoms with E-state index in [2.05, 4.69) is 62.4 Å². The van der Waals surface area contributed by atoms with Gasteiger partial charge in [-0.05, 0) is 39.5 Å². The Labute approximate surface area is 165 Å². The predicted molar refractivity (Wildman–Crippen MR) is 110 cm³/mol. The zero-order valence-corrected chi connectivity index (χ0v) is 17.8. The SMILES string of the molecule is CN=C(NCc1ccc(OC)c(Br)c1)NCC(C(C)C)N1CCOCC1. The van der Waals surface area contributed by atoms with Crippen LogP contribution in [0.3, 0.4) is 0 Å². The van der Waals surface area contributed by atoms with Crippen LogP contribution in [0.25, 0.3) is 0 Å². The molecule has 1 aliphatic heterocycles. The maximum atomic E-state index is 5.48. The van der Waals surface area contributed by atoms with Crippen molar-refractivity contribution in [3.8, 4) is 5.75 Å². The Morgan fingerprint density at radius 1 is 1.31 bits per heavy atom. The standard InChI is InChI=1S/C19H31BrN4O2/c1-14(2)17(24-7-9-26-10-8-24)13-23-19(21-3)22-12-15-5-6-18(25-4)16(20)11-15/h5-6,11,14,17H,7-10,12-13H2,1-4H3,(H2,21,22,23). The van der Waals surface area contributed by atoms with Crippen LogP contribution in [0.5, 0.6) is 5.75 Å². The minimum atomic E-state index is 0.465. The molecule has 1 saturated heterocycles. The number of guanidine groups is 1. The number of ether oxygens (including phenoxy) is 2. The second-order valence-corrected chi connectivity index (χ2v) is 7.59. The lowest BCUT2D eigenvalue weighted by Gasteiger charge is -2.37. The van der Waals surface area contributed by atoms with Gasteiger partial charge in [0.2, 0.25) is 0 Å². The van der Waals surface area contributed by atoms with Crippen molar-refractivity contribution in [2.24, 2.45) is 10.9 Å². The number of nitrogens with zero attached hydrogens (tertiary/aromatic N) is 2. The fourth-order valence-electron chi connectivity index (χ4n) is 3.12. The molecule has 1 aromatic rings. The third kappa shape index (κ3) is 6.14. The van der Waals surface area contributed by atoms with Gasteiger partial charge in [0.1, 0.15) is 5.75 Å². The largest absolute Gasteiger partial charge is 0.496 e. The molecule has 1 fully saturated rings. The monoisotopic (exact) mass is 426 g/mol. The summed E-state index contributed by atoms with van der Waals surface area (Å²) in [4.78, 5) is 6.86. The minimum absolute atomic E-state index is 0.465. The molecular formula is C19H31BrN4O2. The maximum absolute atomic E-state index is 5.48. The molecule has 1 unspecified atom stereocenters. The lowest BCUT2D eigenvalue weighted by molar-refractivity contribution is 0.00752. The second kappa shape index (κ2) is 10.7. The van der Waals surface area contributed by atoms with Gasteiger partial charge >= 0.3 is 0 Å². The molecule has 2 rings (SSSR count). The number of methoxy groups -OCH3 is 1. The van der Waals surface area contributed by atoms with Crippen LogP contribution in [0.1, 0.15) is 19.4 Å². The minimum Gasteiger partial charge on any atom is -0.496 e. The van der Waals surface area contributed by atoms with Crippen LogP contribution in [0.2, 0.25) is 0 Å². The zero-order valence-electron chi connectivity index (χ0n) is 16.2. The van der Waals surface area contributed by atoms with E-state index in [1.165, 1.54) is 0 Å². The van der Waals surface area contributed by atoms with Crippen molar-refractivity contribution in [2.75, 3.05) is 47.0 Å². The molecule has 1 aromatic carbocycles. The first-order chi connectivity index (χ1) is 12.5. The average Bonchev–Trinajstić information content (AvgIpc) is 2.65. The molecular weight excluding hydrogens is 396 g/mol. The quantitative estimate of drug-likeness (QED) is 0.517. The summed E-state index contributed by atoms with van der Waals surface area (Å²) >= 11 is 3.53. The van der Waals surface area contributed by atoms with Crippen LogP contribution in [0, 0.1) is 5.92 Å². The molecule has 7 heteroatoms. The lowest BCUT2D eigenvalue weighted by atomic mass is 10.0. The van der Waals surface area contributed by atoms with Gasteiger partial charge in [0.15, 0.2) is 5.96 Å². The highest BCUT2D eigenvalue weighted by Crippen LogP contribution is 2.25. The van der Waals surface area contributed by atoms with E-state index in [0.29, 0.717) is 18.5 Å². The van der Waals surface area contributed by atoms with E-state index < -0.39 is 0 Å². The molecule has 1 heterocycles. The molecule has 0 aliphatic carbocycles. The predicted octanol–water partition coefficient (Wildman–Crippen LogP) is 2.48.